The van der Waals surface area contributed by atoms with Gasteiger partial charge in [-0.15, -0.1) is 0 Å². The van der Waals surface area contributed by atoms with E-state index in [1.807, 2.05) is 12.2 Å². The number of aliphatic carboxylic acids is 1. The third-order valence-electron chi connectivity index (χ3n) is 5.76. The second kappa shape index (κ2) is 9.07. The molecule has 0 amide bonds. The van der Waals surface area contributed by atoms with E-state index < -0.39 is 5.97 Å². The highest BCUT2D eigenvalue weighted by Crippen LogP contribution is 2.35. The van der Waals surface area contributed by atoms with E-state index in [4.69, 9.17) is 5.11 Å². The van der Waals surface area contributed by atoms with Gasteiger partial charge in [-0.25, -0.2) is 4.79 Å². The number of rotatable bonds is 5. The Balaban J connectivity index is 1.76. The number of hydrogen-bond donors (Lipinski definition) is 1. The van der Waals surface area contributed by atoms with E-state index in [1.54, 1.807) is 6.92 Å². The highest BCUT2D eigenvalue weighted by Gasteiger charge is 2.25. The molecule has 3 heteroatoms. The standard InChI is InChI=1S/C24H31NO2/c1-18(16-24(26)27)8-6-9-19(2)20-13-14-23-21(17-20)10-7-15-25(23)22-11-4-3-5-12-22/h6,8-9,13-14,16-17,22H,3-5,7,10-12,15H2,1-2H3,(H,26,27)/b8-6+,18-16+,19-9+. The van der Waals surface area contributed by atoms with Crippen molar-refractivity contribution in [2.75, 3.05) is 11.4 Å². The third kappa shape index (κ3) is 5.12. The lowest BCUT2D eigenvalue weighted by Crippen LogP contribution is -2.40. The molecule has 1 fully saturated rings. The maximum atomic E-state index is 10.7. The lowest BCUT2D eigenvalue weighted by Gasteiger charge is -2.40. The fraction of sp³-hybridized carbons (Fsp3) is 0.458. The van der Waals surface area contributed by atoms with Crippen LogP contribution in [0.5, 0.6) is 0 Å². The molecule has 1 aliphatic carbocycles. The molecule has 2 aliphatic rings. The van der Waals surface area contributed by atoms with Crippen LogP contribution in [0.3, 0.4) is 0 Å². The van der Waals surface area contributed by atoms with Gasteiger partial charge >= 0.3 is 5.97 Å². The van der Waals surface area contributed by atoms with Gasteiger partial charge in [0.2, 0.25) is 0 Å². The van der Waals surface area contributed by atoms with Crippen molar-refractivity contribution in [3.05, 3.63) is 59.2 Å². The quantitative estimate of drug-likeness (QED) is 0.532. The zero-order valence-electron chi connectivity index (χ0n) is 16.6. The smallest absolute Gasteiger partial charge is 0.328 e. The van der Waals surface area contributed by atoms with Crippen molar-refractivity contribution in [1.82, 2.24) is 0 Å². The molecule has 144 valence electrons. The lowest BCUT2D eigenvalue weighted by molar-refractivity contribution is -0.131. The summed E-state index contributed by atoms with van der Waals surface area (Å²) in [4.78, 5) is 13.3. The summed E-state index contributed by atoms with van der Waals surface area (Å²) in [6.45, 7) is 5.11. The normalized spacial score (nSPS) is 19.4. The Hall–Kier alpha value is -2.29. The van der Waals surface area contributed by atoms with Crippen molar-refractivity contribution in [3.8, 4) is 0 Å². The molecule has 0 radical (unpaired) electrons. The minimum atomic E-state index is -0.907. The SMILES string of the molecule is CC(/C=C/C=C(\C)c1ccc2c(c1)CCCN2C1CCCCC1)=C\C(=O)O. The molecule has 0 bridgehead atoms. The number of anilines is 1. The summed E-state index contributed by atoms with van der Waals surface area (Å²) in [5, 5.41) is 8.77. The number of nitrogens with zero attached hydrogens (tertiary/aromatic N) is 1. The van der Waals surface area contributed by atoms with Crippen LogP contribution in [0.2, 0.25) is 0 Å². The number of fused-ring (bicyclic) bond motifs is 1. The minimum absolute atomic E-state index is 0.729. The summed E-state index contributed by atoms with van der Waals surface area (Å²) in [6.07, 6.45) is 16.3. The molecular weight excluding hydrogens is 334 g/mol. The Kier molecular flexibility index (Phi) is 6.54. The van der Waals surface area contributed by atoms with Gasteiger partial charge in [-0.3, -0.25) is 0 Å². The largest absolute Gasteiger partial charge is 0.478 e. The van der Waals surface area contributed by atoms with Gasteiger partial charge in [0.1, 0.15) is 0 Å². The maximum Gasteiger partial charge on any atom is 0.328 e. The molecular formula is C24H31NO2. The van der Waals surface area contributed by atoms with Crippen LogP contribution in [0.1, 0.15) is 63.5 Å². The third-order valence-corrected chi connectivity index (χ3v) is 5.76. The number of hydrogen-bond acceptors (Lipinski definition) is 2. The lowest BCUT2D eigenvalue weighted by atomic mass is 9.90. The van der Waals surface area contributed by atoms with Gasteiger partial charge in [0, 0.05) is 24.4 Å². The Morgan fingerprint density at radius 2 is 1.93 bits per heavy atom. The average molecular weight is 366 g/mol. The summed E-state index contributed by atoms with van der Waals surface area (Å²) in [5.41, 5.74) is 6.11. The predicted molar refractivity (Wildman–Crippen MR) is 113 cm³/mol. The van der Waals surface area contributed by atoms with Gasteiger partial charge in [0.05, 0.1) is 0 Å². The average Bonchev–Trinajstić information content (AvgIpc) is 2.67. The van der Waals surface area contributed by atoms with E-state index in [-0.39, 0.29) is 0 Å². The van der Waals surface area contributed by atoms with Crippen LogP contribution >= 0.6 is 0 Å². The van der Waals surface area contributed by atoms with E-state index in [0.29, 0.717) is 0 Å². The van der Waals surface area contributed by atoms with E-state index in [1.165, 1.54) is 73.5 Å². The van der Waals surface area contributed by atoms with Crippen LogP contribution in [0.4, 0.5) is 5.69 Å². The molecule has 1 saturated carbocycles. The molecule has 0 atom stereocenters. The topological polar surface area (TPSA) is 40.5 Å². The number of carboxylic acid groups (broad SMARTS) is 1. The van der Waals surface area contributed by atoms with Crippen molar-refractivity contribution >= 4 is 17.2 Å². The molecule has 1 N–H and O–H groups in total. The first-order chi connectivity index (χ1) is 13.0. The zero-order valence-corrected chi connectivity index (χ0v) is 16.6. The monoisotopic (exact) mass is 365 g/mol. The first-order valence-corrected chi connectivity index (χ1v) is 10.2. The van der Waals surface area contributed by atoms with Crippen molar-refractivity contribution in [2.24, 2.45) is 0 Å². The maximum absolute atomic E-state index is 10.7. The number of allylic oxidation sites excluding steroid dienone is 5. The molecule has 0 unspecified atom stereocenters. The number of carbonyl (C=O) groups is 1. The van der Waals surface area contributed by atoms with Crippen molar-refractivity contribution in [1.29, 1.82) is 0 Å². The van der Waals surface area contributed by atoms with Gasteiger partial charge < -0.3 is 10.0 Å². The minimum Gasteiger partial charge on any atom is -0.478 e. The summed E-state index contributed by atoms with van der Waals surface area (Å²) in [5.74, 6) is -0.907. The molecule has 0 saturated heterocycles. The molecule has 1 aromatic rings. The van der Waals surface area contributed by atoms with Crippen LogP contribution in [-0.4, -0.2) is 23.7 Å². The Bertz CT molecular complexity index is 767. The Morgan fingerprint density at radius 3 is 2.67 bits per heavy atom. The van der Waals surface area contributed by atoms with E-state index >= 15 is 0 Å². The van der Waals surface area contributed by atoms with Crippen molar-refractivity contribution < 1.29 is 9.90 Å². The second-order valence-corrected chi connectivity index (χ2v) is 7.87. The predicted octanol–water partition coefficient (Wildman–Crippen LogP) is 5.76. The van der Waals surface area contributed by atoms with Gasteiger partial charge in [0.25, 0.3) is 0 Å². The molecule has 1 aliphatic heterocycles. The van der Waals surface area contributed by atoms with E-state index in [2.05, 4.69) is 36.1 Å². The van der Waals surface area contributed by atoms with Gasteiger partial charge in [-0.1, -0.05) is 43.6 Å². The highest BCUT2D eigenvalue weighted by atomic mass is 16.4. The summed E-state index contributed by atoms with van der Waals surface area (Å²) in [7, 11) is 0. The van der Waals surface area contributed by atoms with Gasteiger partial charge in [-0.05, 0) is 73.9 Å². The van der Waals surface area contributed by atoms with E-state index in [9.17, 15) is 4.79 Å². The summed E-state index contributed by atoms with van der Waals surface area (Å²) in [6, 6.07) is 7.63. The molecule has 1 aromatic carbocycles. The van der Waals surface area contributed by atoms with Crippen LogP contribution in [0.25, 0.3) is 5.57 Å². The van der Waals surface area contributed by atoms with E-state index in [0.717, 1.165) is 18.0 Å². The number of carboxylic acids is 1. The molecule has 3 rings (SSSR count). The Labute approximate surface area is 163 Å². The van der Waals surface area contributed by atoms with Gasteiger partial charge in [0.15, 0.2) is 0 Å². The first kappa shape index (κ1) is 19.5. The molecule has 27 heavy (non-hydrogen) atoms. The fourth-order valence-electron chi connectivity index (χ4n) is 4.33. The van der Waals surface area contributed by atoms with Crippen LogP contribution in [0.15, 0.2) is 48.1 Å². The zero-order chi connectivity index (χ0) is 19.2. The molecule has 3 nitrogen and oxygen atoms in total. The number of aryl methyl sites for hydroxylation is 1. The Morgan fingerprint density at radius 1 is 1.15 bits per heavy atom. The molecule has 0 spiro atoms. The van der Waals surface area contributed by atoms with Crippen molar-refractivity contribution in [2.45, 2.75) is 64.8 Å². The fourth-order valence-corrected chi connectivity index (χ4v) is 4.33. The molecule has 1 heterocycles. The van der Waals surface area contributed by atoms with Crippen LogP contribution < -0.4 is 4.90 Å². The highest BCUT2D eigenvalue weighted by molar-refractivity contribution is 5.81. The second-order valence-electron chi connectivity index (χ2n) is 7.87. The van der Waals surface area contributed by atoms with Crippen LogP contribution in [0, 0.1) is 0 Å². The number of benzene rings is 1. The van der Waals surface area contributed by atoms with Crippen molar-refractivity contribution in [3.63, 3.8) is 0 Å². The summed E-state index contributed by atoms with van der Waals surface area (Å²) < 4.78 is 0. The first-order valence-electron chi connectivity index (χ1n) is 10.2. The van der Waals surface area contributed by atoms with Gasteiger partial charge in [-0.2, -0.15) is 0 Å². The molecule has 0 aromatic heterocycles. The van der Waals surface area contributed by atoms with Crippen LogP contribution in [-0.2, 0) is 11.2 Å². The summed E-state index contributed by atoms with van der Waals surface area (Å²) >= 11 is 0.